The Morgan fingerprint density at radius 1 is 1.29 bits per heavy atom. The molecule has 154 valence electrons. The Bertz CT molecular complexity index is 875. The summed E-state index contributed by atoms with van der Waals surface area (Å²) < 4.78 is 39.3. The molecule has 3 fully saturated rings. The number of hydrogen-bond acceptors (Lipinski definition) is 3. The minimum atomic E-state index is -3.18. The lowest BCUT2D eigenvalue weighted by Gasteiger charge is -2.37. The molecule has 9 heteroatoms. The van der Waals surface area contributed by atoms with E-state index in [2.05, 4.69) is 5.32 Å². The van der Waals surface area contributed by atoms with E-state index in [1.54, 1.807) is 15.3 Å². The molecule has 1 aromatic carbocycles. The van der Waals surface area contributed by atoms with Gasteiger partial charge >= 0.3 is 6.03 Å². The van der Waals surface area contributed by atoms with Crippen molar-refractivity contribution >= 4 is 27.7 Å². The third-order valence-corrected chi connectivity index (χ3v) is 8.48. The van der Waals surface area contributed by atoms with E-state index in [9.17, 15) is 17.6 Å². The Kier molecular flexibility index (Phi) is 5.31. The lowest BCUT2D eigenvalue weighted by Crippen LogP contribution is -2.53. The molecule has 0 spiro atoms. The van der Waals surface area contributed by atoms with E-state index in [0.29, 0.717) is 37.6 Å². The average Bonchev–Trinajstić information content (AvgIpc) is 3.35. The highest BCUT2D eigenvalue weighted by atomic mass is 35.5. The van der Waals surface area contributed by atoms with Crippen molar-refractivity contribution in [3.8, 4) is 0 Å². The molecule has 2 heterocycles. The van der Waals surface area contributed by atoms with E-state index in [0.717, 1.165) is 31.2 Å². The SMILES string of the molecule is O=C(NCC1(c2ccc(F)cc2Cl)CC1)N1CCCC(N2CCCS2(=O)=O)C1. The fourth-order valence-corrected chi connectivity index (χ4v) is 6.54. The number of nitrogens with one attached hydrogen (secondary N) is 1. The van der Waals surface area contributed by atoms with E-state index < -0.39 is 10.0 Å². The van der Waals surface area contributed by atoms with Crippen LogP contribution in [0.3, 0.4) is 0 Å². The van der Waals surface area contributed by atoms with Crippen molar-refractivity contribution in [3.63, 3.8) is 0 Å². The third kappa shape index (κ3) is 3.86. The Morgan fingerprint density at radius 3 is 2.71 bits per heavy atom. The van der Waals surface area contributed by atoms with Gasteiger partial charge in [0.25, 0.3) is 0 Å². The van der Waals surface area contributed by atoms with Gasteiger partial charge < -0.3 is 10.2 Å². The maximum absolute atomic E-state index is 13.3. The maximum Gasteiger partial charge on any atom is 0.317 e. The number of sulfonamides is 1. The average molecular weight is 430 g/mol. The van der Waals surface area contributed by atoms with E-state index in [4.69, 9.17) is 11.6 Å². The first-order chi connectivity index (χ1) is 13.3. The second-order valence-corrected chi connectivity index (χ2v) is 10.5. The summed E-state index contributed by atoms with van der Waals surface area (Å²) in [6.07, 6.45) is 4.03. The van der Waals surface area contributed by atoms with Crippen LogP contribution in [-0.4, -0.2) is 61.6 Å². The number of amides is 2. The van der Waals surface area contributed by atoms with Crippen molar-refractivity contribution in [3.05, 3.63) is 34.6 Å². The summed E-state index contributed by atoms with van der Waals surface area (Å²) in [6, 6.07) is 4.10. The number of urea groups is 1. The quantitative estimate of drug-likeness (QED) is 0.800. The van der Waals surface area contributed by atoms with Gasteiger partial charge in [-0.1, -0.05) is 17.7 Å². The number of carbonyl (C=O) groups is 1. The van der Waals surface area contributed by atoms with Gasteiger partial charge in [-0.3, -0.25) is 0 Å². The lowest BCUT2D eigenvalue weighted by molar-refractivity contribution is 0.152. The van der Waals surface area contributed by atoms with Crippen LogP contribution >= 0.6 is 11.6 Å². The molecule has 1 atom stereocenters. The molecular weight excluding hydrogens is 405 g/mol. The van der Waals surface area contributed by atoms with Crippen LogP contribution in [0.5, 0.6) is 0 Å². The van der Waals surface area contributed by atoms with Gasteiger partial charge in [-0.2, -0.15) is 4.31 Å². The van der Waals surface area contributed by atoms with Crippen molar-refractivity contribution in [2.75, 3.05) is 31.9 Å². The molecule has 2 amide bonds. The highest BCUT2D eigenvalue weighted by Gasteiger charge is 2.46. The van der Waals surface area contributed by atoms with Crippen LogP contribution in [-0.2, 0) is 15.4 Å². The Labute approximate surface area is 170 Å². The number of piperidine rings is 1. The lowest BCUT2D eigenvalue weighted by atomic mass is 9.96. The van der Waals surface area contributed by atoms with Crippen LogP contribution in [0.15, 0.2) is 18.2 Å². The largest absolute Gasteiger partial charge is 0.337 e. The van der Waals surface area contributed by atoms with Crippen LogP contribution in [0.4, 0.5) is 9.18 Å². The van der Waals surface area contributed by atoms with Crippen molar-refractivity contribution in [2.24, 2.45) is 0 Å². The van der Waals surface area contributed by atoms with Gasteiger partial charge in [0, 0.05) is 42.7 Å². The Hall–Kier alpha value is -1.38. The highest BCUT2D eigenvalue weighted by molar-refractivity contribution is 7.89. The molecule has 2 aliphatic heterocycles. The minimum Gasteiger partial charge on any atom is -0.337 e. The van der Waals surface area contributed by atoms with E-state index >= 15 is 0 Å². The molecule has 1 aliphatic carbocycles. The molecule has 28 heavy (non-hydrogen) atoms. The molecule has 6 nitrogen and oxygen atoms in total. The monoisotopic (exact) mass is 429 g/mol. The zero-order valence-corrected chi connectivity index (χ0v) is 17.2. The fourth-order valence-electron chi connectivity index (χ4n) is 4.41. The molecule has 1 unspecified atom stereocenters. The van der Waals surface area contributed by atoms with Crippen LogP contribution in [0, 0.1) is 5.82 Å². The second kappa shape index (κ2) is 7.46. The van der Waals surface area contributed by atoms with Gasteiger partial charge in [0.1, 0.15) is 5.82 Å². The van der Waals surface area contributed by atoms with Gasteiger partial charge in [0.2, 0.25) is 10.0 Å². The molecule has 3 aliphatic rings. The summed E-state index contributed by atoms with van der Waals surface area (Å²) >= 11 is 6.21. The smallest absolute Gasteiger partial charge is 0.317 e. The Balaban J connectivity index is 1.37. The number of benzene rings is 1. The van der Waals surface area contributed by atoms with E-state index in [1.165, 1.54) is 12.1 Å². The van der Waals surface area contributed by atoms with Gasteiger partial charge in [-0.05, 0) is 49.8 Å². The summed E-state index contributed by atoms with van der Waals surface area (Å²) in [6.45, 7) is 2.05. The van der Waals surface area contributed by atoms with Crippen LogP contribution in [0.2, 0.25) is 5.02 Å². The number of likely N-dealkylation sites (tertiary alicyclic amines) is 1. The van der Waals surface area contributed by atoms with Gasteiger partial charge in [-0.25, -0.2) is 17.6 Å². The fraction of sp³-hybridized carbons (Fsp3) is 0.632. The van der Waals surface area contributed by atoms with Crippen LogP contribution < -0.4 is 5.32 Å². The molecule has 2 saturated heterocycles. The molecule has 0 aromatic heterocycles. The first kappa shape index (κ1) is 19.9. The molecule has 0 bridgehead atoms. The number of rotatable bonds is 4. The van der Waals surface area contributed by atoms with Crippen molar-refractivity contribution in [1.82, 2.24) is 14.5 Å². The first-order valence-electron chi connectivity index (χ1n) is 9.79. The predicted octanol–water partition coefficient (Wildman–Crippen LogP) is 2.72. The Morgan fingerprint density at radius 2 is 2.07 bits per heavy atom. The number of halogens is 2. The summed E-state index contributed by atoms with van der Waals surface area (Å²) in [5.41, 5.74) is 0.643. The van der Waals surface area contributed by atoms with Gasteiger partial charge in [-0.15, -0.1) is 0 Å². The summed E-state index contributed by atoms with van der Waals surface area (Å²) in [4.78, 5) is 14.4. The molecule has 1 saturated carbocycles. The normalized spacial score (nSPS) is 26.2. The van der Waals surface area contributed by atoms with Crippen molar-refractivity contribution < 1.29 is 17.6 Å². The van der Waals surface area contributed by atoms with Crippen molar-refractivity contribution in [2.45, 2.75) is 43.6 Å². The van der Waals surface area contributed by atoms with Crippen molar-refractivity contribution in [1.29, 1.82) is 0 Å². The minimum absolute atomic E-state index is 0.131. The van der Waals surface area contributed by atoms with Crippen LogP contribution in [0.25, 0.3) is 0 Å². The van der Waals surface area contributed by atoms with E-state index in [1.807, 2.05) is 0 Å². The topological polar surface area (TPSA) is 69.7 Å². The third-order valence-electron chi connectivity index (χ3n) is 6.16. The zero-order valence-electron chi connectivity index (χ0n) is 15.7. The predicted molar refractivity (Wildman–Crippen MR) is 105 cm³/mol. The standard InChI is InChI=1S/C19H25ClFN3O3S/c20-17-11-14(21)4-5-16(17)19(6-7-19)13-22-18(25)23-8-1-3-15(12-23)24-9-2-10-28(24,26)27/h4-5,11,15H,1-3,6-10,12-13H2,(H,22,25). The molecule has 4 rings (SSSR count). The number of carbonyl (C=O) groups excluding carboxylic acids is 1. The second-order valence-electron chi connectivity index (χ2n) is 8.09. The number of hydrogen-bond donors (Lipinski definition) is 1. The molecule has 1 N–H and O–H groups in total. The molecule has 0 radical (unpaired) electrons. The summed E-state index contributed by atoms with van der Waals surface area (Å²) in [5.74, 6) is -0.166. The molecular formula is C19H25ClFN3O3S. The van der Waals surface area contributed by atoms with Gasteiger partial charge in [0.15, 0.2) is 0 Å². The zero-order chi connectivity index (χ0) is 19.9. The summed E-state index contributed by atoms with van der Waals surface area (Å²) in [5, 5.41) is 3.39. The molecule has 1 aromatic rings. The first-order valence-corrected chi connectivity index (χ1v) is 11.8. The van der Waals surface area contributed by atoms with E-state index in [-0.39, 0.29) is 29.1 Å². The van der Waals surface area contributed by atoms with Crippen LogP contribution in [0.1, 0.15) is 37.7 Å². The van der Waals surface area contributed by atoms with Gasteiger partial charge in [0.05, 0.1) is 5.75 Å². The summed E-state index contributed by atoms with van der Waals surface area (Å²) in [7, 11) is -3.18. The number of nitrogens with zero attached hydrogens (tertiary/aromatic N) is 2. The highest BCUT2D eigenvalue weighted by Crippen LogP contribution is 2.50. The maximum atomic E-state index is 13.3.